The molecule has 0 saturated carbocycles. The Morgan fingerprint density at radius 2 is 2.00 bits per heavy atom. The lowest BCUT2D eigenvalue weighted by molar-refractivity contribution is -0.118. The van der Waals surface area contributed by atoms with E-state index in [9.17, 15) is 9.90 Å². The van der Waals surface area contributed by atoms with E-state index in [1.807, 2.05) is 48.6 Å². The fourth-order valence-corrected chi connectivity index (χ4v) is 3.45. The number of hydrogen-bond acceptors (Lipinski definition) is 5. The lowest BCUT2D eigenvalue weighted by Gasteiger charge is -2.12. The minimum absolute atomic E-state index is 0.199. The Hall–Kier alpha value is -3.51. The predicted octanol–water partition coefficient (Wildman–Crippen LogP) is 4.26. The third-order valence-electron chi connectivity index (χ3n) is 5.26. The number of fused-ring (bicyclic) bond motifs is 1. The van der Waals surface area contributed by atoms with Gasteiger partial charge in [-0.15, -0.1) is 0 Å². The molecule has 1 atom stereocenters. The molecule has 0 aromatic heterocycles. The zero-order valence-corrected chi connectivity index (χ0v) is 18.8. The molecule has 0 radical (unpaired) electrons. The number of para-hydroxylation sites is 1. The molecule has 0 unspecified atom stereocenters. The summed E-state index contributed by atoms with van der Waals surface area (Å²) in [5.74, 6) is 0.946. The van der Waals surface area contributed by atoms with Crippen LogP contribution in [0.25, 0.3) is 0 Å². The third kappa shape index (κ3) is 8.50. The zero-order chi connectivity index (χ0) is 23.5. The SMILES string of the molecule is C=C(/C=C\C=C1/Cc2ccccc2N1)OC[C@@H](O)CCc1ccc(OCCCC(N)=O)cc1. The van der Waals surface area contributed by atoms with Gasteiger partial charge in [0.05, 0.1) is 12.7 Å². The minimum Gasteiger partial charge on any atom is -0.494 e. The van der Waals surface area contributed by atoms with Crippen molar-refractivity contribution < 1.29 is 19.4 Å². The average Bonchev–Trinajstić information content (AvgIpc) is 3.22. The topological polar surface area (TPSA) is 93.8 Å². The van der Waals surface area contributed by atoms with E-state index in [0.29, 0.717) is 31.6 Å². The van der Waals surface area contributed by atoms with Gasteiger partial charge in [0.1, 0.15) is 18.1 Å². The Bertz CT molecular complexity index is 968. The number of allylic oxidation sites excluding steroid dienone is 4. The Balaban J connectivity index is 1.31. The monoisotopic (exact) mass is 448 g/mol. The molecule has 6 heteroatoms. The van der Waals surface area contributed by atoms with Gasteiger partial charge in [0.15, 0.2) is 0 Å². The number of benzene rings is 2. The Kier molecular flexibility index (Phi) is 9.15. The highest BCUT2D eigenvalue weighted by Crippen LogP contribution is 2.27. The van der Waals surface area contributed by atoms with Gasteiger partial charge < -0.3 is 25.6 Å². The van der Waals surface area contributed by atoms with Crippen LogP contribution in [0.3, 0.4) is 0 Å². The number of amides is 1. The molecule has 1 heterocycles. The summed E-state index contributed by atoms with van der Waals surface area (Å²) >= 11 is 0. The molecule has 0 fully saturated rings. The van der Waals surface area contributed by atoms with Crippen LogP contribution in [0.1, 0.15) is 30.4 Å². The van der Waals surface area contributed by atoms with Gasteiger partial charge in [0.2, 0.25) is 5.91 Å². The second-order valence-corrected chi connectivity index (χ2v) is 8.04. The van der Waals surface area contributed by atoms with Crippen molar-refractivity contribution in [2.45, 2.75) is 38.2 Å². The summed E-state index contributed by atoms with van der Waals surface area (Å²) < 4.78 is 11.2. The van der Waals surface area contributed by atoms with Crippen molar-refractivity contribution >= 4 is 11.6 Å². The van der Waals surface area contributed by atoms with Crippen LogP contribution in [-0.4, -0.2) is 30.3 Å². The first-order valence-electron chi connectivity index (χ1n) is 11.2. The summed E-state index contributed by atoms with van der Waals surface area (Å²) in [4.78, 5) is 10.7. The van der Waals surface area contributed by atoms with E-state index >= 15 is 0 Å². The second kappa shape index (κ2) is 12.5. The summed E-state index contributed by atoms with van der Waals surface area (Å²) in [6, 6.07) is 16.0. The van der Waals surface area contributed by atoms with Crippen molar-refractivity contribution in [3.05, 3.63) is 95.9 Å². The van der Waals surface area contributed by atoms with Crippen molar-refractivity contribution in [2.75, 3.05) is 18.5 Å². The predicted molar refractivity (Wildman–Crippen MR) is 131 cm³/mol. The number of rotatable bonds is 13. The molecular weight excluding hydrogens is 416 g/mol. The first kappa shape index (κ1) is 24.1. The molecule has 0 saturated heterocycles. The van der Waals surface area contributed by atoms with Crippen molar-refractivity contribution in [1.82, 2.24) is 0 Å². The molecule has 2 aromatic carbocycles. The van der Waals surface area contributed by atoms with Crippen molar-refractivity contribution in [3.63, 3.8) is 0 Å². The van der Waals surface area contributed by atoms with Gasteiger partial charge >= 0.3 is 0 Å². The highest BCUT2D eigenvalue weighted by Gasteiger charge is 2.12. The molecule has 3 rings (SSSR count). The van der Waals surface area contributed by atoms with Crippen LogP contribution in [0.5, 0.6) is 5.75 Å². The van der Waals surface area contributed by atoms with E-state index in [0.717, 1.165) is 35.5 Å². The molecule has 174 valence electrons. The summed E-state index contributed by atoms with van der Waals surface area (Å²) in [6.45, 7) is 4.54. The largest absolute Gasteiger partial charge is 0.494 e. The summed E-state index contributed by atoms with van der Waals surface area (Å²) in [6.07, 6.45) is 8.26. The molecule has 0 aliphatic carbocycles. The van der Waals surface area contributed by atoms with Crippen LogP contribution in [0, 0.1) is 0 Å². The van der Waals surface area contributed by atoms with Gasteiger partial charge in [-0.2, -0.15) is 0 Å². The molecule has 2 aromatic rings. The first-order valence-corrected chi connectivity index (χ1v) is 11.2. The molecule has 4 N–H and O–H groups in total. The van der Waals surface area contributed by atoms with Crippen LogP contribution < -0.4 is 15.8 Å². The first-order chi connectivity index (χ1) is 16.0. The van der Waals surface area contributed by atoms with E-state index in [1.54, 1.807) is 6.08 Å². The van der Waals surface area contributed by atoms with Crippen molar-refractivity contribution in [1.29, 1.82) is 0 Å². The highest BCUT2D eigenvalue weighted by atomic mass is 16.5. The third-order valence-corrected chi connectivity index (χ3v) is 5.26. The number of ether oxygens (including phenoxy) is 2. The number of nitrogens with one attached hydrogen (secondary N) is 1. The number of carbonyl (C=O) groups is 1. The number of aryl methyl sites for hydroxylation is 1. The van der Waals surface area contributed by atoms with E-state index in [2.05, 4.69) is 24.0 Å². The fraction of sp³-hybridized carbons (Fsp3) is 0.296. The van der Waals surface area contributed by atoms with Gasteiger partial charge in [-0.1, -0.05) is 43.0 Å². The fourth-order valence-electron chi connectivity index (χ4n) is 3.45. The molecular formula is C27H32N2O4. The quantitative estimate of drug-likeness (QED) is 0.242. The van der Waals surface area contributed by atoms with Gasteiger partial charge in [-0.3, -0.25) is 4.79 Å². The van der Waals surface area contributed by atoms with Crippen LogP contribution in [0.2, 0.25) is 0 Å². The van der Waals surface area contributed by atoms with Gasteiger partial charge in [-0.05, 0) is 60.7 Å². The highest BCUT2D eigenvalue weighted by molar-refractivity contribution is 5.73. The van der Waals surface area contributed by atoms with Crippen LogP contribution >= 0.6 is 0 Å². The minimum atomic E-state index is -0.579. The molecule has 33 heavy (non-hydrogen) atoms. The number of primary amides is 1. The van der Waals surface area contributed by atoms with Gasteiger partial charge in [0, 0.05) is 24.2 Å². The van der Waals surface area contributed by atoms with Gasteiger partial charge in [0.25, 0.3) is 0 Å². The maximum atomic E-state index is 10.7. The van der Waals surface area contributed by atoms with E-state index < -0.39 is 6.10 Å². The normalized spacial score (nSPS) is 14.6. The number of anilines is 1. The number of nitrogens with two attached hydrogens (primary N) is 1. The van der Waals surface area contributed by atoms with Crippen LogP contribution in [-0.2, 0) is 22.4 Å². The molecule has 6 nitrogen and oxygen atoms in total. The van der Waals surface area contributed by atoms with E-state index in [4.69, 9.17) is 15.2 Å². The Morgan fingerprint density at radius 3 is 2.76 bits per heavy atom. The van der Waals surface area contributed by atoms with E-state index in [-0.39, 0.29) is 12.5 Å². The summed E-state index contributed by atoms with van der Waals surface area (Å²) in [7, 11) is 0. The molecule has 1 aliphatic heterocycles. The lowest BCUT2D eigenvalue weighted by atomic mass is 10.1. The number of aliphatic hydroxyl groups excluding tert-OH is 1. The molecule has 0 bridgehead atoms. The maximum absolute atomic E-state index is 10.7. The zero-order valence-electron chi connectivity index (χ0n) is 18.8. The van der Waals surface area contributed by atoms with Crippen molar-refractivity contribution in [3.8, 4) is 5.75 Å². The summed E-state index contributed by atoms with van der Waals surface area (Å²) in [5, 5.41) is 13.6. The molecule has 1 amide bonds. The number of aliphatic hydroxyl groups is 1. The number of hydrogen-bond donors (Lipinski definition) is 3. The van der Waals surface area contributed by atoms with Crippen LogP contribution in [0.15, 0.2) is 84.8 Å². The van der Waals surface area contributed by atoms with Crippen molar-refractivity contribution in [2.24, 2.45) is 5.73 Å². The number of carbonyl (C=O) groups excluding carboxylic acids is 1. The van der Waals surface area contributed by atoms with Gasteiger partial charge in [-0.25, -0.2) is 0 Å². The smallest absolute Gasteiger partial charge is 0.217 e. The average molecular weight is 449 g/mol. The second-order valence-electron chi connectivity index (χ2n) is 8.04. The lowest BCUT2D eigenvalue weighted by Crippen LogP contribution is -2.15. The maximum Gasteiger partial charge on any atom is 0.217 e. The Morgan fingerprint density at radius 1 is 1.21 bits per heavy atom. The molecule has 1 aliphatic rings. The Labute approximate surface area is 195 Å². The van der Waals surface area contributed by atoms with Crippen LogP contribution in [0.4, 0.5) is 5.69 Å². The summed E-state index contributed by atoms with van der Waals surface area (Å²) in [5.41, 5.74) is 9.78. The van der Waals surface area contributed by atoms with E-state index in [1.165, 1.54) is 5.56 Å². The standard InChI is InChI=1S/C27H32N2O4/c1-20(6-4-8-23-18-22-7-2-3-9-26(22)29-23)33-19-24(30)14-11-21-12-15-25(16-13-21)32-17-5-10-27(28)31/h2-4,6-9,12-13,15-16,24,29-30H,1,5,10-11,14,17-19H2,(H2,28,31)/b6-4-,23-8+/t24-/m0/s1. The molecule has 0 spiro atoms.